The van der Waals surface area contributed by atoms with Crippen LogP contribution >= 0.6 is 0 Å². The number of esters is 3. The summed E-state index contributed by atoms with van der Waals surface area (Å²) >= 11 is 0. The number of benzene rings is 3. The van der Waals surface area contributed by atoms with Crippen LogP contribution < -0.4 is 18.9 Å². The van der Waals surface area contributed by atoms with E-state index in [-0.39, 0.29) is 28.6 Å². The number of halogens is 1. The number of aliphatic hydroxyl groups is 1. The standard InChI is InChI=1S/C32H25FO8/c1-5-29(34)38-22-14-16-24(27(18-22)40-31(36)7-3)21-12-9-20(10-13-21)11-15-25-26(33)17-23(39-30(35)6-2)19-28(25)41-32(37)8-4/h5-19,29,34H,1-4H2/b15-11+. The number of ether oxygens (including phenoxy) is 4. The number of rotatable bonds is 12. The van der Waals surface area contributed by atoms with Crippen molar-refractivity contribution < 1.29 is 42.8 Å². The highest BCUT2D eigenvalue weighted by Gasteiger charge is 2.16. The summed E-state index contributed by atoms with van der Waals surface area (Å²) in [5.74, 6) is -3.10. The van der Waals surface area contributed by atoms with E-state index in [0.29, 0.717) is 16.7 Å². The quantitative estimate of drug-likeness (QED) is 0.0743. The maximum absolute atomic E-state index is 15.0. The molecule has 41 heavy (non-hydrogen) atoms. The fourth-order valence-corrected chi connectivity index (χ4v) is 3.37. The minimum absolute atomic E-state index is 0.0707. The fraction of sp³-hybridized carbons (Fsp3) is 0.0312. The minimum Gasteiger partial charge on any atom is -0.461 e. The van der Waals surface area contributed by atoms with Gasteiger partial charge in [-0.3, -0.25) is 0 Å². The monoisotopic (exact) mass is 556 g/mol. The molecule has 3 aromatic rings. The maximum atomic E-state index is 15.0. The highest BCUT2D eigenvalue weighted by molar-refractivity contribution is 5.87. The van der Waals surface area contributed by atoms with Gasteiger partial charge in [0.1, 0.15) is 28.8 Å². The molecular weight excluding hydrogens is 531 g/mol. The summed E-state index contributed by atoms with van der Waals surface area (Å²) in [6, 6.07) is 13.8. The van der Waals surface area contributed by atoms with E-state index in [9.17, 15) is 23.9 Å². The third-order valence-corrected chi connectivity index (χ3v) is 5.28. The molecule has 9 heteroatoms. The predicted molar refractivity (Wildman–Crippen MR) is 152 cm³/mol. The van der Waals surface area contributed by atoms with Gasteiger partial charge in [0.2, 0.25) is 6.29 Å². The molecule has 1 N–H and O–H groups in total. The van der Waals surface area contributed by atoms with Crippen LogP contribution in [0.1, 0.15) is 11.1 Å². The molecule has 0 amide bonds. The van der Waals surface area contributed by atoms with Crippen LogP contribution in [0.3, 0.4) is 0 Å². The molecule has 0 aromatic heterocycles. The van der Waals surface area contributed by atoms with Crippen molar-refractivity contribution in [2.24, 2.45) is 0 Å². The Kier molecular flexibility index (Phi) is 10.3. The van der Waals surface area contributed by atoms with Gasteiger partial charge in [-0.2, -0.15) is 0 Å². The Morgan fingerprint density at radius 1 is 0.732 bits per heavy atom. The van der Waals surface area contributed by atoms with Gasteiger partial charge in [-0.05, 0) is 35.4 Å². The van der Waals surface area contributed by atoms with E-state index in [2.05, 4.69) is 26.3 Å². The summed E-state index contributed by atoms with van der Waals surface area (Å²) in [6.45, 7) is 13.5. The normalized spacial score (nSPS) is 11.2. The predicted octanol–water partition coefficient (Wildman–Crippen LogP) is 5.82. The lowest BCUT2D eigenvalue weighted by Gasteiger charge is -2.14. The van der Waals surface area contributed by atoms with Crippen LogP contribution in [0, 0.1) is 5.82 Å². The van der Waals surface area contributed by atoms with E-state index in [1.54, 1.807) is 42.5 Å². The van der Waals surface area contributed by atoms with Gasteiger partial charge in [0.05, 0.1) is 5.56 Å². The highest BCUT2D eigenvalue weighted by Crippen LogP contribution is 2.35. The Bertz CT molecular complexity index is 1540. The second kappa shape index (κ2) is 14.0. The summed E-state index contributed by atoms with van der Waals surface area (Å²) in [6.07, 6.45) is 5.75. The van der Waals surface area contributed by atoms with Gasteiger partial charge in [-0.15, -0.1) is 0 Å². The molecular formula is C32H25FO8. The first kappa shape index (κ1) is 30.0. The summed E-state index contributed by atoms with van der Waals surface area (Å²) in [4.78, 5) is 35.2. The van der Waals surface area contributed by atoms with Crippen LogP contribution in [0.5, 0.6) is 23.0 Å². The second-order valence-electron chi connectivity index (χ2n) is 8.05. The van der Waals surface area contributed by atoms with Crippen LogP contribution in [0.2, 0.25) is 0 Å². The van der Waals surface area contributed by atoms with Crippen molar-refractivity contribution in [1.82, 2.24) is 0 Å². The molecule has 0 spiro atoms. The topological polar surface area (TPSA) is 108 Å². The van der Waals surface area contributed by atoms with Gasteiger partial charge in [0, 0.05) is 42.0 Å². The molecule has 208 valence electrons. The Morgan fingerprint density at radius 2 is 1.32 bits per heavy atom. The van der Waals surface area contributed by atoms with E-state index < -0.39 is 30.0 Å². The van der Waals surface area contributed by atoms with Crippen molar-refractivity contribution in [1.29, 1.82) is 0 Å². The summed E-state index contributed by atoms with van der Waals surface area (Å²) in [5, 5.41) is 9.68. The lowest BCUT2D eigenvalue weighted by atomic mass is 10.0. The fourth-order valence-electron chi connectivity index (χ4n) is 3.37. The van der Waals surface area contributed by atoms with Gasteiger partial charge in [-0.25, -0.2) is 18.8 Å². The third kappa shape index (κ3) is 8.22. The number of carbonyl (C=O) groups excluding carboxylic acids is 3. The van der Waals surface area contributed by atoms with Crippen molar-refractivity contribution in [3.8, 4) is 34.1 Å². The average molecular weight is 557 g/mol. The number of aliphatic hydroxyl groups excluding tert-OH is 1. The highest BCUT2D eigenvalue weighted by atomic mass is 19.1. The molecule has 0 aliphatic carbocycles. The smallest absolute Gasteiger partial charge is 0.335 e. The van der Waals surface area contributed by atoms with Gasteiger partial charge in [0.15, 0.2) is 0 Å². The molecule has 3 rings (SSSR count). The zero-order chi connectivity index (χ0) is 29.9. The SMILES string of the molecule is C=CC(=O)Oc1cc(F)c(/C=C/c2ccc(-c3ccc(OC(O)C=C)cc3OC(=O)C=C)cc2)c(OC(=O)C=C)c1. The van der Waals surface area contributed by atoms with Gasteiger partial charge >= 0.3 is 17.9 Å². The summed E-state index contributed by atoms with van der Waals surface area (Å²) in [7, 11) is 0. The minimum atomic E-state index is -1.25. The number of hydrogen-bond donors (Lipinski definition) is 1. The van der Waals surface area contributed by atoms with Crippen molar-refractivity contribution in [3.63, 3.8) is 0 Å². The molecule has 0 heterocycles. The third-order valence-electron chi connectivity index (χ3n) is 5.28. The van der Waals surface area contributed by atoms with Crippen molar-refractivity contribution >= 4 is 30.1 Å². The first-order valence-corrected chi connectivity index (χ1v) is 11.9. The zero-order valence-electron chi connectivity index (χ0n) is 21.7. The molecule has 1 atom stereocenters. The summed E-state index contributed by atoms with van der Waals surface area (Å²) in [5.41, 5.74) is 1.80. The number of hydrogen-bond acceptors (Lipinski definition) is 8. The average Bonchev–Trinajstić information content (AvgIpc) is 2.97. The van der Waals surface area contributed by atoms with Crippen molar-refractivity contribution in [2.75, 3.05) is 0 Å². The van der Waals surface area contributed by atoms with E-state index >= 15 is 0 Å². The summed E-state index contributed by atoms with van der Waals surface area (Å²) < 4.78 is 35.7. The molecule has 8 nitrogen and oxygen atoms in total. The Labute approximate surface area is 235 Å². The van der Waals surface area contributed by atoms with Gasteiger partial charge < -0.3 is 24.1 Å². The van der Waals surface area contributed by atoms with Gasteiger partial charge in [0.25, 0.3) is 0 Å². The van der Waals surface area contributed by atoms with E-state index in [4.69, 9.17) is 18.9 Å². The molecule has 0 saturated heterocycles. The molecule has 3 aromatic carbocycles. The van der Waals surface area contributed by atoms with Crippen LogP contribution in [0.4, 0.5) is 4.39 Å². The second-order valence-corrected chi connectivity index (χ2v) is 8.05. The largest absolute Gasteiger partial charge is 0.461 e. The van der Waals surface area contributed by atoms with Gasteiger partial charge in [-0.1, -0.05) is 56.7 Å². The van der Waals surface area contributed by atoms with Crippen LogP contribution in [0.25, 0.3) is 23.3 Å². The molecule has 0 aliphatic heterocycles. The van der Waals surface area contributed by atoms with Crippen LogP contribution in [-0.2, 0) is 14.4 Å². The van der Waals surface area contributed by atoms with E-state index in [1.807, 2.05) is 0 Å². The molecule has 0 radical (unpaired) electrons. The first-order chi connectivity index (χ1) is 19.7. The Balaban J connectivity index is 1.93. The Hall–Kier alpha value is -5.54. The molecule has 1 unspecified atom stereocenters. The van der Waals surface area contributed by atoms with Crippen molar-refractivity contribution in [2.45, 2.75) is 6.29 Å². The van der Waals surface area contributed by atoms with E-state index in [0.717, 1.165) is 24.3 Å². The molecule has 0 aliphatic rings. The van der Waals surface area contributed by atoms with Crippen molar-refractivity contribution in [3.05, 3.63) is 122 Å². The lowest BCUT2D eigenvalue weighted by molar-refractivity contribution is -0.130. The molecule has 0 fully saturated rings. The zero-order valence-corrected chi connectivity index (χ0v) is 21.7. The lowest BCUT2D eigenvalue weighted by Crippen LogP contribution is -2.11. The molecule has 0 saturated carbocycles. The first-order valence-electron chi connectivity index (χ1n) is 11.9. The Morgan fingerprint density at radius 3 is 1.93 bits per heavy atom. The van der Waals surface area contributed by atoms with Crippen LogP contribution in [-0.4, -0.2) is 29.3 Å². The maximum Gasteiger partial charge on any atom is 0.335 e. The molecule has 0 bridgehead atoms. The van der Waals surface area contributed by atoms with E-state index in [1.165, 1.54) is 24.3 Å². The van der Waals surface area contributed by atoms with Crippen LogP contribution in [0.15, 0.2) is 105 Å². The number of carbonyl (C=O) groups is 3.